The van der Waals surface area contributed by atoms with Gasteiger partial charge in [-0.25, -0.2) is 0 Å². The number of aryl methyl sites for hydroxylation is 1. The second kappa shape index (κ2) is 6.20. The first-order valence-electron chi connectivity index (χ1n) is 7.18. The number of hydrogen-bond donors (Lipinski definition) is 1. The fraction of sp³-hybridized carbons (Fsp3) is 0.562. The Kier molecular flexibility index (Phi) is 4.59. The van der Waals surface area contributed by atoms with Crippen molar-refractivity contribution in [2.75, 3.05) is 13.1 Å². The van der Waals surface area contributed by atoms with Crippen molar-refractivity contribution >= 4 is 5.78 Å². The highest BCUT2D eigenvalue weighted by Gasteiger charge is 2.23. The molecule has 1 aliphatic rings. The molecule has 0 spiro atoms. The van der Waals surface area contributed by atoms with Gasteiger partial charge in [0.25, 0.3) is 0 Å². The summed E-state index contributed by atoms with van der Waals surface area (Å²) in [4.78, 5) is 12.2. The van der Waals surface area contributed by atoms with Gasteiger partial charge in [0.1, 0.15) is 0 Å². The summed E-state index contributed by atoms with van der Waals surface area (Å²) >= 11 is 0. The molecule has 1 heterocycles. The topological polar surface area (TPSA) is 34.0 Å². The lowest BCUT2D eigenvalue weighted by Gasteiger charge is -2.17. The molecule has 0 unspecified atom stereocenters. The Balaban J connectivity index is 2.15. The van der Waals surface area contributed by atoms with Gasteiger partial charge in [-0.15, -0.1) is 6.58 Å². The van der Waals surface area contributed by atoms with E-state index in [1.807, 2.05) is 6.07 Å². The smallest absolute Gasteiger partial charge is 0.178 e. The van der Waals surface area contributed by atoms with Crippen LogP contribution >= 0.6 is 0 Å². The molecular weight excluding hydrogens is 236 g/mol. The predicted molar refractivity (Wildman–Crippen MR) is 78.8 cm³/mol. The first-order chi connectivity index (χ1) is 9.15. The van der Waals surface area contributed by atoms with Crippen LogP contribution in [0.3, 0.4) is 0 Å². The molecule has 1 aromatic heterocycles. The lowest BCUT2D eigenvalue weighted by atomic mass is 10.1. The summed E-state index contributed by atoms with van der Waals surface area (Å²) in [6, 6.07) is 2.65. The van der Waals surface area contributed by atoms with Crippen LogP contribution in [-0.4, -0.2) is 23.4 Å². The maximum Gasteiger partial charge on any atom is 0.178 e. The maximum absolute atomic E-state index is 12.2. The SMILES string of the molecule is C=CCNCC(=O)c1cc(C)n(C2CCCC2)c1C. The van der Waals surface area contributed by atoms with Crippen LogP contribution in [0.4, 0.5) is 0 Å². The second-order valence-corrected chi connectivity index (χ2v) is 5.44. The third kappa shape index (κ3) is 2.98. The standard InChI is InChI=1S/C16H24N2O/c1-4-9-17-11-16(19)15-10-12(2)18(13(15)3)14-7-5-6-8-14/h4,10,14,17H,1,5-9,11H2,2-3H3. The van der Waals surface area contributed by atoms with Crippen molar-refractivity contribution in [1.82, 2.24) is 9.88 Å². The van der Waals surface area contributed by atoms with Crippen molar-refractivity contribution < 1.29 is 4.79 Å². The van der Waals surface area contributed by atoms with Gasteiger partial charge in [-0.2, -0.15) is 0 Å². The highest BCUT2D eigenvalue weighted by molar-refractivity contribution is 5.99. The molecule has 1 fully saturated rings. The number of hydrogen-bond acceptors (Lipinski definition) is 2. The minimum atomic E-state index is 0.180. The zero-order chi connectivity index (χ0) is 13.8. The van der Waals surface area contributed by atoms with Gasteiger partial charge in [0, 0.05) is 29.5 Å². The summed E-state index contributed by atoms with van der Waals surface area (Å²) in [5, 5.41) is 3.08. The Morgan fingerprint density at radius 3 is 2.79 bits per heavy atom. The van der Waals surface area contributed by atoms with E-state index in [9.17, 15) is 4.79 Å². The van der Waals surface area contributed by atoms with E-state index in [2.05, 4.69) is 30.3 Å². The molecule has 19 heavy (non-hydrogen) atoms. The molecule has 1 saturated carbocycles. The fourth-order valence-electron chi connectivity index (χ4n) is 3.17. The molecule has 3 nitrogen and oxygen atoms in total. The summed E-state index contributed by atoms with van der Waals surface area (Å²) in [6.07, 6.45) is 6.89. The summed E-state index contributed by atoms with van der Waals surface area (Å²) in [6.45, 7) is 8.89. The van der Waals surface area contributed by atoms with E-state index in [1.165, 1.54) is 31.4 Å². The number of Topliss-reactive ketones (excluding diaryl/α,β-unsaturated/α-hetero) is 1. The number of carbonyl (C=O) groups is 1. The molecule has 1 aliphatic carbocycles. The third-order valence-corrected chi connectivity index (χ3v) is 4.05. The highest BCUT2D eigenvalue weighted by atomic mass is 16.1. The van der Waals surface area contributed by atoms with E-state index in [0.717, 1.165) is 11.3 Å². The number of nitrogens with zero attached hydrogens (tertiary/aromatic N) is 1. The highest BCUT2D eigenvalue weighted by Crippen LogP contribution is 2.33. The number of carbonyl (C=O) groups excluding carboxylic acids is 1. The van der Waals surface area contributed by atoms with Gasteiger partial charge < -0.3 is 9.88 Å². The van der Waals surface area contributed by atoms with Gasteiger partial charge in [0.2, 0.25) is 0 Å². The van der Waals surface area contributed by atoms with Gasteiger partial charge in [0.15, 0.2) is 5.78 Å². The van der Waals surface area contributed by atoms with Gasteiger partial charge >= 0.3 is 0 Å². The van der Waals surface area contributed by atoms with Crippen molar-refractivity contribution in [2.45, 2.75) is 45.6 Å². The lowest BCUT2D eigenvalue weighted by molar-refractivity contribution is 0.0991. The molecule has 104 valence electrons. The van der Waals surface area contributed by atoms with Crippen molar-refractivity contribution in [1.29, 1.82) is 0 Å². The molecule has 0 aromatic carbocycles. The molecule has 0 radical (unpaired) electrons. The Morgan fingerprint density at radius 1 is 1.47 bits per heavy atom. The van der Waals surface area contributed by atoms with E-state index < -0.39 is 0 Å². The minimum absolute atomic E-state index is 0.180. The summed E-state index contributed by atoms with van der Waals surface area (Å²) in [7, 11) is 0. The van der Waals surface area contributed by atoms with Crippen LogP contribution < -0.4 is 5.32 Å². The monoisotopic (exact) mass is 260 g/mol. The fourth-order valence-corrected chi connectivity index (χ4v) is 3.17. The number of aromatic nitrogens is 1. The first-order valence-corrected chi connectivity index (χ1v) is 7.18. The Labute approximate surface area is 115 Å². The van der Waals surface area contributed by atoms with Crippen LogP contribution in [0, 0.1) is 13.8 Å². The molecule has 1 aromatic rings. The maximum atomic E-state index is 12.2. The largest absolute Gasteiger partial charge is 0.345 e. The Bertz CT molecular complexity index is 467. The molecule has 0 amide bonds. The molecule has 0 atom stereocenters. The van der Waals surface area contributed by atoms with Crippen molar-refractivity contribution in [3.8, 4) is 0 Å². The van der Waals surface area contributed by atoms with E-state index in [1.54, 1.807) is 6.08 Å². The molecule has 0 bridgehead atoms. The molecule has 1 N–H and O–H groups in total. The lowest BCUT2D eigenvalue weighted by Crippen LogP contribution is -2.23. The Morgan fingerprint density at radius 2 is 2.16 bits per heavy atom. The van der Waals surface area contributed by atoms with Crippen LogP contribution in [0.15, 0.2) is 18.7 Å². The molecule has 0 saturated heterocycles. The van der Waals surface area contributed by atoms with Crippen LogP contribution in [-0.2, 0) is 0 Å². The molecule has 3 heteroatoms. The van der Waals surface area contributed by atoms with E-state index in [0.29, 0.717) is 19.1 Å². The van der Waals surface area contributed by atoms with Gasteiger partial charge in [-0.05, 0) is 32.8 Å². The van der Waals surface area contributed by atoms with Gasteiger partial charge in [-0.3, -0.25) is 4.79 Å². The van der Waals surface area contributed by atoms with E-state index in [4.69, 9.17) is 0 Å². The quantitative estimate of drug-likeness (QED) is 0.484. The Hall–Kier alpha value is -1.35. The van der Waals surface area contributed by atoms with Crippen LogP contribution in [0.25, 0.3) is 0 Å². The molecular formula is C16H24N2O. The molecule has 0 aliphatic heterocycles. The normalized spacial score (nSPS) is 15.9. The van der Waals surface area contributed by atoms with E-state index >= 15 is 0 Å². The van der Waals surface area contributed by atoms with Crippen molar-refractivity contribution in [3.05, 3.63) is 35.7 Å². The average Bonchev–Trinajstić information content (AvgIpc) is 2.98. The number of nitrogens with one attached hydrogen (secondary N) is 1. The second-order valence-electron chi connectivity index (χ2n) is 5.44. The predicted octanol–water partition coefficient (Wildman–Crippen LogP) is 3.18. The van der Waals surface area contributed by atoms with Crippen LogP contribution in [0.2, 0.25) is 0 Å². The number of ketones is 1. The third-order valence-electron chi connectivity index (χ3n) is 4.05. The summed E-state index contributed by atoms with van der Waals surface area (Å²) in [5.41, 5.74) is 3.23. The minimum Gasteiger partial charge on any atom is -0.345 e. The van der Waals surface area contributed by atoms with Gasteiger partial charge in [0.05, 0.1) is 6.54 Å². The number of rotatable bonds is 6. The zero-order valence-corrected chi connectivity index (χ0v) is 12.0. The molecule has 2 rings (SSSR count). The first kappa shape index (κ1) is 14.1. The average molecular weight is 260 g/mol. The zero-order valence-electron chi connectivity index (χ0n) is 12.0. The van der Waals surface area contributed by atoms with Gasteiger partial charge in [-0.1, -0.05) is 18.9 Å². The van der Waals surface area contributed by atoms with Crippen LogP contribution in [0.1, 0.15) is 53.5 Å². The van der Waals surface area contributed by atoms with Crippen molar-refractivity contribution in [3.63, 3.8) is 0 Å². The summed E-state index contributed by atoms with van der Waals surface area (Å²) in [5.74, 6) is 0.180. The summed E-state index contributed by atoms with van der Waals surface area (Å²) < 4.78 is 2.37. The van der Waals surface area contributed by atoms with Crippen LogP contribution in [0.5, 0.6) is 0 Å². The van der Waals surface area contributed by atoms with Crippen molar-refractivity contribution in [2.24, 2.45) is 0 Å². The van der Waals surface area contributed by atoms with E-state index in [-0.39, 0.29) is 5.78 Å².